The Bertz CT molecular complexity index is 484. The molecule has 1 aliphatic rings. The van der Waals surface area contributed by atoms with E-state index in [0.29, 0.717) is 16.5 Å². The van der Waals surface area contributed by atoms with Gasteiger partial charge >= 0.3 is 5.97 Å². The number of carboxylic acids is 1. The molecule has 0 spiro atoms. The Morgan fingerprint density at radius 2 is 2.28 bits per heavy atom. The lowest BCUT2D eigenvalue weighted by Crippen LogP contribution is -2.41. The molecule has 1 aromatic rings. The standard InChI is InChI=1S/C12H15NO3S2/c1-3-8-4-10(18-7(8)2)11(14)13-6-17-5-9(13)12(15)16/h4,9H,3,5-6H2,1-2H3,(H,15,16). The van der Waals surface area contributed by atoms with Gasteiger partial charge in [-0.3, -0.25) is 4.79 Å². The Hall–Kier alpha value is -1.01. The van der Waals surface area contributed by atoms with E-state index in [0.717, 1.165) is 11.3 Å². The number of carbonyl (C=O) groups excluding carboxylic acids is 1. The average Bonchev–Trinajstić information content (AvgIpc) is 2.93. The highest BCUT2D eigenvalue weighted by Gasteiger charge is 2.35. The normalized spacial score (nSPS) is 19.2. The minimum Gasteiger partial charge on any atom is -0.480 e. The van der Waals surface area contributed by atoms with Crippen molar-refractivity contribution in [2.45, 2.75) is 26.3 Å². The summed E-state index contributed by atoms with van der Waals surface area (Å²) in [4.78, 5) is 26.6. The molecule has 0 saturated carbocycles. The summed E-state index contributed by atoms with van der Waals surface area (Å²) in [6.07, 6.45) is 0.896. The van der Waals surface area contributed by atoms with Gasteiger partial charge in [-0.1, -0.05) is 6.92 Å². The lowest BCUT2D eigenvalue weighted by molar-refractivity contribution is -0.140. The van der Waals surface area contributed by atoms with Crippen molar-refractivity contribution in [2.24, 2.45) is 0 Å². The topological polar surface area (TPSA) is 57.6 Å². The van der Waals surface area contributed by atoms with Crippen LogP contribution < -0.4 is 0 Å². The van der Waals surface area contributed by atoms with E-state index in [1.807, 2.05) is 13.0 Å². The van der Waals surface area contributed by atoms with Crippen LogP contribution in [-0.2, 0) is 11.2 Å². The second-order valence-corrected chi connectivity index (χ2v) is 6.43. The van der Waals surface area contributed by atoms with Gasteiger partial charge < -0.3 is 10.0 Å². The predicted octanol–water partition coefficient (Wildman–Crippen LogP) is 2.22. The van der Waals surface area contributed by atoms with Crippen molar-refractivity contribution in [3.63, 3.8) is 0 Å². The summed E-state index contributed by atoms with van der Waals surface area (Å²) in [7, 11) is 0. The molecule has 0 bridgehead atoms. The van der Waals surface area contributed by atoms with Gasteiger partial charge in [-0.15, -0.1) is 23.1 Å². The first-order chi connectivity index (χ1) is 8.54. The van der Waals surface area contributed by atoms with Crippen LogP contribution in [0, 0.1) is 6.92 Å². The van der Waals surface area contributed by atoms with E-state index < -0.39 is 12.0 Å². The number of amides is 1. The number of thioether (sulfide) groups is 1. The molecule has 4 nitrogen and oxygen atoms in total. The number of hydrogen-bond acceptors (Lipinski definition) is 4. The molecule has 1 atom stereocenters. The second kappa shape index (κ2) is 5.32. The quantitative estimate of drug-likeness (QED) is 0.925. The molecule has 0 aromatic carbocycles. The van der Waals surface area contributed by atoms with Crippen molar-refractivity contribution >= 4 is 35.0 Å². The minimum absolute atomic E-state index is 0.153. The number of carbonyl (C=O) groups is 2. The summed E-state index contributed by atoms with van der Waals surface area (Å²) in [6.45, 7) is 4.04. The van der Waals surface area contributed by atoms with Gasteiger partial charge in [0, 0.05) is 10.6 Å². The van der Waals surface area contributed by atoms with Gasteiger partial charge in [-0.25, -0.2) is 4.79 Å². The van der Waals surface area contributed by atoms with Crippen LogP contribution in [-0.4, -0.2) is 39.6 Å². The average molecular weight is 285 g/mol. The molecule has 0 aliphatic carbocycles. The maximum absolute atomic E-state index is 12.3. The van der Waals surface area contributed by atoms with Crippen LogP contribution in [0.3, 0.4) is 0 Å². The molecule has 18 heavy (non-hydrogen) atoms. The minimum atomic E-state index is -0.919. The number of hydrogen-bond donors (Lipinski definition) is 1. The fourth-order valence-corrected chi connectivity index (χ4v) is 4.18. The lowest BCUT2D eigenvalue weighted by Gasteiger charge is -2.19. The number of thiophene rings is 1. The highest BCUT2D eigenvalue weighted by molar-refractivity contribution is 7.99. The largest absolute Gasteiger partial charge is 0.480 e. The monoisotopic (exact) mass is 285 g/mol. The van der Waals surface area contributed by atoms with Gasteiger partial charge in [0.2, 0.25) is 0 Å². The van der Waals surface area contributed by atoms with E-state index in [1.54, 1.807) is 0 Å². The van der Waals surface area contributed by atoms with Crippen molar-refractivity contribution in [3.8, 4) is 0 Å². The zero-order valence-electron chi connectivity index (χ0n) is 10.3. The molecule has 2 heterocycles. The van der Waals surface area contributed by atoms with E-state index >= 15 is 0 Å². The van der Waals surface area contributed by atoms with Crippen LogP contribution in [0.1, 0.15) is 27.0 Å². The van der Waals surface area contributed by atoms with Gasteiger partial charge in [0.25, 0.3) is 5.91 Å². The third-order valence-corrected chi connectivity index (χ3v) is 5.13. The summed E-state index contributed by atoms with van der Waals surface area (Å²) in [5.41, 5.74) is 1.17. The van der Waals surface area contributed by atoms with Crippen LogP contribution in [0.25, 0.3) is 0 Å². The summed E-state index contributed by atoms with van der Waals surface area (Å²) in [6, 6.07) is 1.21. The van der Waals surface area contributed by atoms with Gasteiger partial charge in [0.05, 0.1) is 10.8 Å². The van der Waals surface area contributed by atoms with E-state index in [-0.39, 0.29) is 5.91 Å². The first-order valence-electron chi connectivity index (χ1n) is 5.75. The smallest absolute Gasteiger partial charge is 0.327 e. The van der Waals surface area contributed by atoms with Crippen LogP contribution >= 0.6 is 23.1 Å². The molecule has 1 fully saturated rings. The van der Waals surface area contributed by atoms with Gasteiger partial charge in [0.15, 0.2) is 0 Å². The predicted molar refractivity (Wildman–Crippen MR) is 73.4 cm³/mol. The van der Waals surface area contributed by atoms with E-state index in [9.17, 15) is 9.59 Å². The van der Waals surface area contributed by atoms with Gasteiger partial charge in [0.1, 0.15) is 6.04 Å². The Morgan fingerprint density at radius 1 is 1.56 bits per heavy atom. The highest BCUT2D eigenvalue weighted by atomic mass is 32.2. The van der Waals surface area contributed by atoms with E-state index in [4.69, 9.17) is 5.11 Å². The molecule has 0 radical (unpaired) electrons. The fraction of sp³-hybridized carbons (Fsp3) is 0.500. The maximum Gasteiger partial charge on any atom is 0.327 e. The second-order valence-electron chi connectivity index (χ2n) is 4.17. The lowest BCUT2D eigenvalue weighted by atomic mass is 10.2. The molecule has 98 valence electrons. The Labute approximate surface area is 114 Å². The molecule has 1 N–H and O–H groups in total. The molecule has 1 aliphatic heterocycles. The number of aryl methyl sites for hydroxylation is 2. The summed E-state index contributed by atoms with van der Waals surface area (Å²) < 4.78 is 0. The molecule has 1 saturated heterocycles. The van der Waals surface area contributed by atoms with E-state index in [1.165, 1.54) is 33.6 Å². The molecule has 1 unspecified atom stereocenters. The maximum atomic E-state index is 12.3. The van der Waals surface area contributed by atoms with Crippen molar-refractivity contribution in [2.75, 3.05) is 11.6 Å². The molecular weight excluding hydrogens is 270 g/mol. The zero-order chi connectivity index (χ0) is 13.3. The third-order valence-electron chi connectivity index (χ3n) is 3.04. The third kappa shape index (κ3) is 2.40. The Balaban J connectivity index is 2.22. The number of aliphatic carboxylic acids is 1. The van der Waals surface area contributed by atoms with Gasteiger partial charge in [-0.05, 0) is 25.0 Å². The van der Waals surface area contributed by atoms with E-state index in [2.05, 4.69) is 6.92 Å². The summed E-state index contributed by atoms with van der Waals surface area (Å²) >= 11 is 2.94. The van der Waals surface area contributed by atoms with Crippen molar-refractivity contribution < 1.29 is 14.7 Å². The summed E-state index contributed by atoms with van der Waals surface area (Å²) in [5.74, 6) is -0.127. The van der Waals surface area contributed by atoms with Crippen LogP contribution in [0.2, 0.25) is 0 Å². The first-order valence-corrected chi connectivity index (χ1v) is 7.72. The highest BCUT2D eigenvalue weighted by Crippen LogP contribution is 2.28. The van der Waals surface area contributed by atoms with Crippen molar-refractivity contribution in [1.29, 1.82) is 0 Å². The zero-order valence-corrected chi connectivity index (χ0v) is 11.9. The molecule has 2 rings (SSSR count). The van der Waals surface area contributed by atoms with Crippen LogP contribution in [0.15, 0.2) is 6.07 Å². The molecular formula is C12H15NO3S2. The molecule has 1 amide bonds. The SMILES string of the molecule is CCc1cc(C(=O)N2CSCC2C(=O)O)sc1C. The number of rotatable bonds is 3. The van der Waals surface area contributed by atoms with Gasteiger partial charge in [-0.2, -0.15) is 0 Å². The Kier molecular flexibility index (Phi) is 3.97. The Morgan fingerprint density at radius 3 is 2.83 bits per heavy atom. The number of nitrogens with zero attached hydrogens (tertiary/aromatic N) is 1. The first kappa shape index (κ1) is 13.4. The van der Waals surface area contributed by atoms with Crippen LogP contribution in [0.5, 0.6) is 0 Å². The fourth-order valence-electron chi connectivity index (χ4n) is 1.97. The van der Waals surface area contributed by atoms with Crippen molar-refractivity contribution in [3.05, 3.63) is 21.4 Å². The molecule has 1 aromatic heterocycles. The molecule has 6 heteroatoms. The summed E-state index contributed by atoms with van der Waals surface area (Å²) in [5, 5.41) is 9.08. The van der Waals surface area contributed by atoms with Crippen LogP contribution in [0.4, 0.5) is 0 Å². The number of carboxylic acid groups (broad SMARTS) is 1. The van der Waals surface area contributed by atoms with Crippen molar-refractivity contribution in [1.82, 2.24) is 4.90 Å².